The van der Waals surface area contributed by atoms with Gasteiger partial charge in [-0.15, -0.1) is 0 Å². The Balaban J connectivity index is 2.24. The highest BCUT2D eigenvalue weighted by molar-refractivity contribution is 8.04. The van der Waals surface area contributed by atoms with Crippen LogP contribution in [0.4, 0.5) is 0 Å². The van der Waals surface area contributed by atoms with E-state index >= 15 is 0 Å². The summed E-state index contributed by atoms with van der Waals surface area (Å²) in [6, 6.07) is 9.69. The summed E-state index contributed by atoms with van der Waals surface area (Å²) in [5.41, 5.74) is 1.95. The van der Waals surface area contributed by atoms with E-state index in [1.54, 1.807) is 38.1 Å². The highest BCUT2D eigenvalue weighted by atomic mass is 32.3. The van der Waals surface area contributed by atoms with Gasteiger partial charge in [0, 0.05) is 18.3 Å². The maximum atomic E-state index is 13.6. The molecule has 0 spiro atoms. The van der Waals surface area contributed by atoms with Gasteiger partial charge < -0.3 is 9.72 Å². The standard InChI is InChI=1S/C21H23N3O6S2/c1-15-4-8-18(9-5-15)31(26,27)24(32(28,29)19-10-6-16(2)7-11-19)20(21(25)30-3)12-17-13-22-14-23-17/h4-11,13-14,20H,12H2,1-3H3,(H,22,23)/t20-/m0/s1. The van der Waals surface area contributed by atoms with Gasteiger partial charge in [0.2, 0.25) is 0 Å². The molecule has 0 aliphatic rings. The molecular formula is C21H23N3O6S2. The Bertz CT molecular complexity index is 1210. The minimum Gasteiger partial charge on any atom is -0.468 e. The molecule has 11 heteroatoms. The number of carbonyl (C=O) groups excluding carboxylic acids is 1. The third-order valence-electron chi connectivity index (χ3n) is 4.81. The zero-order chi connectivity index (χ0) is 23.5. The molecule has 9 nitrogen and oxygen atoms in total. The molecule has 0 saturated carbocycles. The lowest BCUT2D eigenvalue weighted by molar-refractivity contribution is -0.144. The molecule has 3 rings (SSSR count). The van der Waals surface area contributed by atoms with Crippen LogP contribution in [0.5, 0.6) is 0 Å². The second-order valence-electron chi connectivity index (χ2n) is 7.18. The summed E-state index contributed by atoms with van der Waals surface area (Å²) in [5, 5.41) is 0. The van der Waals surface area contributed by atoms with Gasteiger partial charge in [0.05, 0.1) is 23.2 Å². The van der Waals surface area contributed by atoms with E-state index in [9.17, 15) is 21.6 Å². The van der Waals surface area contributed by atoms with Gasteiger partial charge in [-0.3, -0.25) is 4.79 Å². The van der Waals surface area contributed by atoms with Crippen LogP contribution in [-0.2, 0) is 36.0 Å². The van der Waals surface area contributed by atoms with E-state index in [0.29, 0.717) is 5.69 Å². The predicted molar refractivity (Wildman–Crippen MR) is 117 cm³/mol. The monoisotopic (exact) mass is 477 g/mol. The topological polar surface area (TPSA) is 126 Å². The van der Waals surface area contributed by atoms with Crippen LogP contribution >= 0.6 is 0 Å². The van der Waals surface area contributed by atoms with Crippen LogP contribution in [-0.4, -0.2) is 49.6 Å². The van der Waals surface area contributed by atoms with Crippen molar-refractivity contribution in [2.75, 3.05) is 7.11 Å². The van der Waals surface area contributed by atoms with Crippen molar-refractivity contribution in [2.45, 2.75) is 36.1 Å². The van der Waals surface area contributed by atoms with Crippen LogP contribution in [0.25, 0.3) is 0 Å². The molecule has 170 valence electrons. The van der Waals surface area contributed by atoms with E-state index in [4.69, 9.17) is 4.74 Å². The van der Waals surface area contributed by atoms with Gasteiger partial charge in [-0.1, -0.05) is 39.1 Å². The fraction of sp³-hybridized carbons (Fsp3) is 0.238. The molecular weight excluding hydrogens is 454 g/mol. The van der Waals surface area contributed by atoms with Crippen LogP contribution in [0, 0.1) is 13.8 Å². The number of hydrogen-bond donors (Lipinski definition) is 1. The van der Waals surface area contributed by atoms with E-state index in [-0.39, 0.29) is 19.9 Å². The van der Waals surface area contributed by atoms with Crippen LogP contribution in [0.2, 0.25) is 0 Å². The molecule has 1 aromatic heterocycles. The van der Waals surface area contributed by atoms with Gasteiger partial charge in [-0.25, -0.2) is 21.8 Å². The molecule has 1 atom stereocenters. The van der Waals surface area contributed by atoms with Gasteiger partial charge in [-0.2, -0.15) is 0 Å². The number of methoxy groups -OCH3 is 1. The summed E-state index contributed by atoms with van der Waals surface area (Å²) in [5.74, 6) is -1.02. The number of imidazole rings is 1. The number of rotatable bonds is 8. The minimum absolute atomic E-state index is 0.238. The molecule has 0 fully saturated rings. The van der Waals surface area contributed by atoms with Crippen molar-refractivity contribution in [1.82, 2.24) is 13.7 Å². The molecule has 1 heterocycles. The van der Waals surface area contributed by atoms with E-state index in [1.165, 1.54) is 36.8 Å². The number of nitrogens with one attached hydrogen (secondary N) is 1. The first-order valence-electron chi connectivity index (χ1n) is 9.55. The first kappa shape index (κ1) is 23.6. The summed E-state index contributed by atoms with van der Waals surface area (Å²) in [7, 11) is -8.30. The van der Waals surface area contributed by atoms with Crippen LogP contribution in [0.3, 0.4) is 0 Å². The van der Waals surface area contributed by atoms with E-state index < -0.39 is 32.1 Å². The quantitative estimate of drug-likeness (QED) is 0.493. The zero-order valence-electron chi connectivity index (χ0n) is 17.7. The summed E-state index contributed by atoms with van der Waals surface area (Å²) < 4.78 is 59.6. The SMILES string of the molecule is COC(=O)[C@H](Cc1cnc[nH]1)N(S(=O)(=O)c1ccc(C)cc1)S(=O)(=O)c1ccc(C)cc1. The van der Waals surface area contributed by atoms with Crippen molar-refractivity contribution in [1.29, 1.82) is 0 Å². The predicted octanol–water partition coefficient (Wildman–Crippen LogP) is 2.19. The first-order chi connectivity index (χ1) is 15.1. The maximum Gasteiger partial charge on any atom is 0.325 e. The Kier molecular flexibility index (Phi) is 6.82. The molecule has 1 N–H and O–H groups in total. The third kappa shape index (κ3) is 4.74. The molecule has 2 aromatic carbocycles. The van der Waals surface area contributed by atoms with Crippen LogP contribution in [0.15, 0.2) is 70.8 Å². The minimum atomic E-state index is -4.68. The normalized spacial score (nSPS) is 13.1. The summed E-state index contributed by atoms with van der Waals surface area (Å²) in [4.78, 5) is 18.8. The highest BCUT2D eigenvalue weighted by Crippen LogP contribution is 2.29. The highest BCUT2D eigenvalue weighted by Gasteiger charge is 2.46. The average molecular weight is 478 g/mol. The molecule has 0 aliphatic carbocycles. The van der Waals surface area contributed by atoms with Crippen molar-refractivity contribution in [3.63, 3.8) is 0 Å². The van der Waals surface area contributed by atoms with Gasteiger partial charge in [0.25, 0.3) is 20.0 Å². The fourth-order valence-corrected chi connectivity index (χ4v) is 6.99. The lowest BCUT2D eigenvalue weighted by atomic mass is 10.2. The van der Waals surface area contributed by atoms with Crippen molar-refractivity contribution in [3.05, 3.63) is 77.9 Å². The Morgan fingerprint density at radius 2 is 1.41 bits per heavy atom. The number of esters is 1. The van der Waals surface area contributed by atoms with Crippen molar-refractivity contribution >= 4 is 26.0 Å². The maximum absolute atomic E-state index is 13.6. The van der Waals surface area contributed by atoms with Crippen molar-refractivity contribution in [2.24, 2.45) is 0 Å². The van der Waals surface area contributed by atoms with Gasteiger partial charge in [0.1, 0.15) is 6.04 Å². The second kappa shape index (κ2) is 9.23. The van der Waals surface area contributed by atoms with Gasteiger partial charge in [0.15, 0.2) is 0 Å². The number of H-pyrrole nitrogens is 1. The Morgan fingerprint density at radius 3 is 1.78 bits per heavy atom. The average Bonchev–Trinajstić information content (AvgIpc) is 3.26. The largest absolute Gasteiger partial charge is 0.468 e. The van der Waals surface area contributed by atoms with E-state index in [2.05, 4.69) is 9.97 Å². The zero-order valence-corrected chi connectivity index (χ0v) is 19.4. The van der Waals surface area contributed by atoms with E-state index in [0.717, 1.165) is 18.2 Å². The number of aromatic amines is 1. The number of aryl methyl sites for hydroxylation is 2. The van der Waals surface area contributed by atoms with Gasteiger partial charge >= 0.3 is 5.97 Å². The summed E-state index contributed by atoms with van der Waals surface area (Å²) in [6.45, 7) is 3.54. The fourth-order valence-electron chi connectivity index (χ4n) is 3.08. The number of sulfonamides is 2. The number of benzene rings is 2. The number of nitrogens with zero attached hydrogens (tertiary/aromatic N) is 2. The Hall–Kier alpha value is -3.02. The molecule has 0 amide bonds. The van der Waals surface area contributed by atoms with Crippen LogP contribution < -0.4 is 0 Å². The number of ether oxygens (including phenoxy) is 1. The van der Waals surface area contributed by atoms with Crippen molar-refractivity contribution in [3.8, 4) is 0 Å². The number of aromatic nitrogens is 2. The second-order valence-corrected chi connectivity index (χ2v) is 11.0. The van der Waals surface area contributed by atoms with E-state index in [1.807, 2.05) is 0 Å². The molecule has 0 aliphatic heterocycles. The van der Waals surface area contributed by atoms with Crippen LogP contribution in [0.1, 0.15) is 16.8 Å². The Labute approximate surface area is 187 Å². The summed E-state index contributed by atoms with van der Waals surface area (Å²) >= 11 is 0. The lowest BCUT2D eigenvalue weighted by Gasteiger charge is -2.28. The first-order valence-corrected chi connectivity index (χ1v) is 12.4. The number of carbonyl (C=O) groups is 1. The molecule has 0 radical (unpaired) electrons. The summed E-state index contributed by atoms with van der Waals surface area (Å²) in [6.07, 6.45) is 2.44. The molecule has 0 bridgehead atoms. The Morgan fingerprint density at radius 1 is 0.938 bits per heavy atom. The molecule has 32 heavy (non-hydrogen) atoms. The lowest BCUT2D eigenvalue weighted by Crippen LogP contribution is -2.50. The molecule has 0 saturated heterocycles. The molecule has 0 unspecified atom stereocenters. The van der Waals surface area contributed by atoms with Crippen molar-refractivity contribution < 1.29 is 26.4 Å². The smallest absolute Gasteiger partial charge is 0.325 e. The number of hydrogen-bond acceptors (Lipinski definition) is 7. The third-order valence-corrected chi connectivity index (χ3v) is 9.18. The molecule has 3 aromatic rings. The van der Waals surface area contributed by atoms with Gasteiger partial charge in [-0.05, 0) is 38.1 Å².